The number of imide groups is 1. The van der Waals surface area contributed by atoms with Crippen molar-refractivity contribution < 1.29 is 14.4 Å². The molecule has 6 heteroatoms. The van der Waals surface area contributed by atoms with Crippen LogP contribution in [0.2, 0.25) is 0 Å². The number of nitrogens with zero attached hydrogens (tertiary/aromatic N) is 1. The quantitative estimate of drug-likeness (QED) is 0.513. The van der Waals surface area contributed by atoms with Crippen molar-refractivity contribution in [1.82, 2.24) is 10.2 Å². The Bertz CT molecular complexity index is 288. The lowest BCUT2D eigenvalue weighted by atomic mass is 10.2. The van der Waals surface area contributed by atoms with Crippen LogP contribution < -0.4 is 11.1 Å². The van der Waals surface area contributed by atoms with Gasteiger partial charge in [-0.3, -0.25) is 19.3 Å². The Morgan fingerprint density at radius 3 is 2.57 bits per heavy atom. The smallest absolute Gasteiger partial charge is 0.252 e. The van der Waals surface area contributed by atoms with E-state index >= 15 is 0 Å². The molecule has 0 aromatic heterocycles. The number of nitrogens with two attached hydrogens (primary N) is 1. The van der Waals surface area contributed by atoms with Gasteiger partial charge in [0.25, 0.3) is 5.91 Å². The van der Waals surface area contributed by atoms with Crippen molar-refractivity contribution in [3.63, 3.8) is 0 Å². The van der Waals surface area contributed by atoms with Gasteiger partial charge in [-0.2, -0.15) is 0 Å². The molecule has 2 unspecified atom stereocenters. The van der Waals surface area contributed by atoms with Crippen LogP contribution in [0.3, 0.4) is 0 Å². The standard InChI is InChI=1S/C8H13N3O3/c1-4(9)7(13)10-5-3-6(12)11(2)8(5)14/h4-5H,3,9H2,1-2H3,(H,10,13). The van der Waals surface area contributed by atoms with Gasteiger partial charge in [0.15, 0.2) is 0 Å². The molecule has 0 bridgehead atoms. The van der Waals surface area contributed by atoms with Crippen molar-refractivity contribution in [2.75, 3.05) is 7.05 Å². The number of carbonyl (C=O) groups excluding carboxylic acids is 3. The highest BCUT2D eigenvalue weighted by Gasteiger charge is 2.37. The maximum absolute atomic E-state index is 11.3. The largest absolute Gasteiger partial charge is 0.342 e. The Morgan fingerprint density at radius 1 is 1.64 bits per heavy atom. The Morgan fingerprint density at radius 2 is 2.21 bits per heavy atom. The molecule has 0 aromatic carbocycles. The summed E-state index contributed by atoms with van der Waals surface area (Å²) in [5.41, 5.74) is 5.31. The molecule has 1 aliphatic heterocycles. The van der Waals surface area contributed by atoms with Gasteiger partial charge in [0.2, 0.25) is 11.8 Å². The Kier molecular flexibility index (Phi) is 2.85. The zero-order chi connectivity index (χ0) is 10.9. The molecule has 78 valence electrons. The van der Waals surface area contributed by atoms with Crippen LogP contribution in [-0.2, 0) is 14.4 Å². The Hall–Kier alpha value is -1.43. The van der Waals surface area contributed by atoms with E-state index in [1.807, 2.05) is 0 Å². The van der Waals surface area contributed by atoms with E-state index in [1.165, 1.54) is 14.0 Å². The third kappa shape index (κ3) is 1.90. The Balaban J connectivity index is 2.60. The van der Waals surface area contributed by atoms with E-state index in [2.05, 4.69) is 5.32 Å². The van der Waals surface area contributed by atoms with E-state index in [4.69, 9.17) is 5.73 Å². The van der Waals surface area contributed by atoms with Gasteiger partial charge in [-0.05, 0) is 6.92 Å². The number of rotatable bonds is 2. The van der Waals surface area contributed by atoms with Crippen LogP contribution in [0, 0.1) is 0 Å². The lowest BCUT2D eigenvalue weighted by molar-refractivity contribution is -0.138. The van der Waals surface area contributed by atoms with E-state index in [-0.39, 0.29) is 18.2 Å². The second-order valence-corrected chi connectivity index (χ2v) is 3.34. The minimum Gasteiger partial charge on any atom is -0.342 e. The third-order valence-electron chi connectivity index (χ3n) is 2.11. The molecule has 0 saturated carbocycles. The van der Waals surface area contributed by atoms with E-state index in [0.29, 0.717) is 0 Å². The number of likely N-dealkylation sites (N-methyl/N-ethyl adjacent to an activating group) is 1. The monoisotopic (exact) mass is 199 g/mol. The van der Waals surface area contributed by atoms with Crippen LogP contribution in [0.5, 0.6) is 0 Å². The first kappa shape index (κ1) is 10.6. The van der Waals surface area contributed by atoms with Gasteiger partial charge in [0.05, 0.1) is 12.5 Å². The molecule has 3 amide bonds. The predicted octanol–water partition coefficient (Wildman–Crippen LogP) is -1.79. The zero-order valence-electron chi connectivity index (χ0n) is 8.11. The lowest BCUT2D eigenvalue weighted by Gasteiger charge is -2.12. The van der Waals surface area contributed by atoms with Gasteiger partial charge < -0.3 is 11.1 Å². The van der Waals surface area contributed by atoms with Gasteiger partial charge in [-0.25, -0.2) is 0 Å². The zero-order valence-corrected chi connectivity index (χ0v) is 8.11. The summed E-state index contributed by atoms with van der Waals surface area (Å²) in [6.45, 7) is 1.51. The van der Waals surface area contributed by atoms with Crippen molar-refractivity contribution in [3.8, 4) is 0 Å². The van der Waals surface area contributed by atoms with E-state index in [0.717, 1.165) is 4.90 Å². The average molecular weight is 199 g/mol. The highest BCUT2D eigenvalue weighted by molar-refractivity contribution is 6.06. The molecular formula is C8H13N3O3. The normalized spacial score (nSPS) is 23.9. The summed E-state index contributed by atoms with van der Waals surface area (Å²) in [5, 5.41) is 2.41. The molecular weight excluding hydrogens is 186 g/mol. The summed E-state index contributed by atoms with van der Waals surface area (Å²) in [5.74, 6) is -1.10. The first-order valence-electron chi connectivity index (χ1n) is 4.30. The maximum Gasteiger partial charge on any atom is 0.252 e. The summed E-state index contributed by atoms with van der Waals surface area (Å²) in [6, 6.07) is -1.42. The molecule has 0 spiro atoms. The van der Waals surface area contributed by atoms with Crippen LogP contribution in [0.15, 0.2) is 0 Å². The average Bonchev–Trinajstić information content (AvgIpc) is 2.33. The minimum atomic E-state index is -0.744. The molecule has 14 heavy (non-hydrogen) atoms. The van der Waals surface area contributed by atoms with Gasteiger partial charge in [0, 0.05) is 7.05 Å². The van der Waals surface area contributed by atoms with Crippen molar-refractivity contribution in [2.45, 2.75) is 25.4 Å². The van der Waals surface area contributed by atoms with E-state index in [9.17, 15) is 14.4 Å². The minimum absolute atomic E-state index is 0.0216. The highest BCUT2D eigenvalue weighted by atomic mass is 16.2. The van der Waals surface area contributed by atoms with Crippen molar-refractivity contribution >= 4 is 17.7 Å². The second kappa shape index (κ2) is 3.75. The van der Waals surface area contributed by atoms with Gasteiger partial charge in [-0.1, -0.05) is 0 Å². The van der Waals surface area contributed by atoms with Gasteiger partial charge >= 0.3 is 0 Å². The summed E-state index contributed by atoms with van der Waals surface area (Å²) in [4.78, 5) is 34.5. The molecule has 0 aromatic rings. The van der Waals surface area contributed by atoms with Gasteiger partial charge in [0.1, 0.15) is 6.04 Å². The molecule has 6 nitrogen and oxygen atoms in total. The first-order valence-corrected chi connectivity index (χ1v) is 4.30. The molecule has 1 saturated heterocycles. The summed E-state index contributed by atoms with van der Waals surface area (Å²) >= 11 is 0. The fourth-order valence-electron chi connectivity index (χ4n) is 1.17. The first-order chi connectivity index (χ1) is 6.43. The Labute approximate surface area is 81.4 Å². The van der Waals surface area contributed by atoms with Crippen molar-refractivity contribution in [1.29, 1.82) is 0 Å². The fourth-order valence-corrected chi connectivity index (χ4v) is 1.17. The lowest BCUT2D eigenvalue weighted by Crippen LogP contribution is -2.46. The third-order valence-corrected chi connectivity index (χ3v) is 2.11. The molecule has 1 fully saturated rings. The fraction of sp³-hybridized carbons (Fsp3) is 0.625. The van der Waals surface area contributed by atoms with Gasteiger partial charge in [-0.15, -0.1) is 0 Å². The van der Waals surface area contributed by atoms with E-state index in [1.54, 1.807) is 0 Å². The number of hydrogen-bond acceptors (Lipinski definition) is 4. The molecule has 1 heterocycles. The number of amides is 3. The highest BCUT2D eigenvalue weighted by Crippen LogP contribution is 2.10. The van der Waals surface area contributed by atoms with Crippen LogP contribution in [0.1, 0.15) is 13.3 Å². The van der Waals surface area contributed by atoms with Crippen LogP contribution in [0.4, 0.5) is 0 Å². The number of nitrogens with one attached hydrogen (secondary N) is 1. The van der Waals surface area contributed by atoms with Crippen LogP contribution in [0.25, 0.3) is 0 Å². The van der Waals surface area contributed by atoms with E-state index < -0.39 is 18.0 Å². The molecule has 3 N–H and O–H groups in total. The molecule has 0 radical (unpaired) electrons. The molecule has 1 rings (SSSR count). The summed E-state index contributed by atoms with van der Waals surface area (Å²) in [6.07, 6.45) is 0.0216. The second-order valence-electron chi connectivity index (χ2n) is 3.34. The molecule has 2 atom stereocenters. The maximum atomic E-state index is 11.3. The molecule has 1 aliphatic rings. The topological polar surface area (TPSA) is 92.5 Å². The van der Waals surface area contributed by atoms with Crippen LogP contribution >= 0.6 is 0 Å². The number of likely N-dealkylation sites (tertiary alicyclic amines) is 1. The predicted molar refractivity (Wildman–Crippen MR) is 48.0 cm³/mol. The van der Waals surface area contributed by atoms with Crippen molar-refractivity contribution in [2.24, 2.45) is 5.73 Å². The summed E-state index contributed by atoms with van der Waals surface area (Å²) in [7, 11) is 1.39. The van der Waals surface area contributed by atoms with Crippen molar-refractivity contribution in [3.05, 3.63) is 0 Å². The number of hydrogen-bond donors (Lipinski definition) is 2. The SMILES string of the molecule is CC(N)C(=O)NC1CC(=O)N(C)C1=O. The number of carbonyl (C=O) groups is 3. The van der Waals surface area contributed by atoms with Crippen LogP contribution in [-0.4, -0.2) is 41.8 Å². The molecule has 0 aliphatic carbocycles. The summed E-state index contributed by atoms with van der Waals surface area (Å²) < 4.78 is 0.